The molecule has 0 bridgehead atoms. The van der Waals surface area contributed by atoms with Crippen molar-refractivity contribution in [3.05, 3.63) is 70.3 Å². The second-order valence-corrected chi connectivity index (χ2v) is 7.03. The van der Waals surface area contributed by atoms with Gasteiger partial charge in [-0.05, 0) is 43.7 Å². The van der Waals surface area contributed by atoms with Gasteiger partial charge in [-0.2, -0.15) is 0 Å². The molecule has 2 aromatic heterocycles. The minimum atomic E-state index is -0.324. The largest absolute Gasteiger partial charge is 0.422 e. The number of aromatic nitrogens is 1. The molecule has 0 amide bonds. The number of nitrogens with one attached hydrogen (secondary N) is 1. The monoisotopic (exact) mass is 442 g/mol. The molecule has 0 spiro atoms. The van der Waals surface area contributed by atoms with E-state index >= 15 is 0 Å². The van der Waals surface area contributed by atoms with Crippen LogP contribution >= 0.6 is 16.1 Å². The number of hydrogen-bond acceptors (Lipinski definition) is 4. The van der Waals surface area contributed by atoms with E-state index in [1.165, 1.54) is 0 Å². The zero-order valence-electron chi connectivity index (χ0n) is 16.2. The van der Waals surface area contributed by atoms with Crippen LogP contribution in [-0.4, -0.2) is 19.6 Å². The first-order valence-electron chi connectivity index (χ1n) is 9.48. The number of pyridine rings is 1. The van der Waals surface area contributed by atoms with Crippen molar-refractivity contribution in [3.63, 3.8) is 0 Å². The van der Waals surface area contributed by atoms with Gasteiger partial charge in [-0.3, -0.25) is 0 Å². The van der Waals surface area contributed by atoms with Crippen LogP contribution in [0.15, 0.2) is 58.0 Å². The van der Waals surface area contributed by atoms with Gasteiger partial charge in [0.05, 0.1) is 12.1 Å². The zero-order valence-corrected chi connectivity index (χ0v) is 17.8. The minimum Gasteiger partial charge on any atom is -0.422 e. The Bertz CT molecular complexity index is 1010. The number of anilines is 1. The van der Waals surface area contributed by atoms with E-state index in [4.69, 9.17) is 4.42 Å². The second-order valence-electron chi connectivity index (χ2n) is 6.47. The van der Waals surface area contributed by atoms with Gasteiger partial charge in [0.15, 0.2) is 18.9 Å². The molecule has 0 saturated carbocycles. The number of nitrogens with zero attached hydrogens (tertiary/aromatic N) is 2. The standard InChI is InChI=1S/C22H25BrN3O2/c1-3-26(4-2)20-8-7-18-15-19(22(27)28-21(18)16-20)6-5-17-9-12-25(13-10-17)14-11-24-23/h5-10,12-13,15-16,24H,3-4,11,14H2,1-2H3/q+1. The van der Waals surface area contributed by atoms with Crippen molar-refractivity contribution in [1.82, 2.24) is 4.34 Å². The molecule has 3 aromatic rings. The van der Waals surface area contributed by atoms with Crippen molar-refractivity contribution >= 4 is 45.0 Å². The van der Waals surface area contributed by atoms with E-state index in [0.717, 1.165) is 42.8 Å². The molecule has 3 rings (SSSR count). The number of halogens is 1. The van der Waals surface area contributed by atoms with Crippen LogP contribution in [0, 0.1) is 0 Å². The van der Waals surface area contributed by atoms with Gasteiger partial charge >= 0.3 is 5.63 Å². The first-order valence-corrected chi connectivity index (χ1v) is 10.3. The average Bonchev–Trinajstić information content (AvgIpc) is 2.72. The van der Waals surface area contributed by atoms with Crippen molar-refractivity contribution in [1.29, 1.82) is 0 Å². The lowest BCUT2D eigenvalue weighted by Crippen LogP contribution is -2.36. The summed E-state index contributed by atoms with van der Waals surface area (Å²) >= 11 is 3.20. The Labute approximate surface area is 173 Å². The van der Waals surface area contributed by atoms with Crippen LogP contribution < -0.4 is 19.4 Å². The molecule has 146 valence electrons. The van der Waals surface area contributed by atoms with Crippen LogP contribution in [-0.2, 0) is 6.54 Å². The zero-order chi connectivity index (χ0) is 19.9. The Morgan fingerprint density at radius 1 is 1.11 bits per heavy atom. The maximum atomic E-state index is 12.4. The molecule has 0 fully saturated rings. The highest BCUT2D eigenvalue weighted by molar-refractivity contribution is 9.08. The van der Waals surface area contributed by atoms with Crippen molar-refractivity contribution in [2.45, 2.75) is 20.4 Å². The molecular formula is C22H25BrN3O2+. The molecule has 0 aliphatic rings. The van der Waals surface area contributed by atoms with E-state index in [1.54, 1.807) is 0 Å². The van der Waals surface area contributed by atoms with Gasteiger partial charge in [0.2, 0.25) is 0 Å². The van der Waals surface area contributed by atoms with Gasteiger partial charge in [-0.15, -0.1) is 0 Å². The highest BCUT2D eigenvalue weighted by Crippen LogP contribution is 2.22. The lowest BCUT2D eigenvalue weighted by molar-refractivity contribution is -0.694. The molecule has 0 radical (unpaired) electrons. The van der Waals surface area contributed by atoms with Gasteiger partial charge in [0, 0.05) is 58.5 Å². The first kappa shape index (κ1) is 20.3. The van der Waals surface area contributed by atoms with E-state index in [0.29, 0.717) is 11.1 Å². The normalized spacial score (nSPS) is 11.4. The van der Waals surface area contributed by atoms with Gasteiger partial charge in [-0.25, -0.2) is 13.7 Å². The summed E-state index contributed by atoms with van der Waals surface area (Å²) < 4.78 is 10.6. The van der Waals surface area contributed by atoms with Crippen molar-refractivity contribution in [2.75, 3.05) is 24.5 Å². The molecule has 28 heavy (non-hydrogen) atoms. The highest BCUT2D eigenvalue weighted by atomic mass is 79.9. The quantitative estimate of drug-likeness (QED) is 0.325. The number of hydrogen-bond donors (Lipinski definition) is 1. The van der Waals surface area contributed by atoms with Crippen molar-refractivity contribution in [2.24, 2.45) is 0 Å². The van der Waals surface area contributed by atoms with E-state index in [-0.39, 0.29) is 5.63 Å². The summed E-state index contributed by atoms with van der Waals surface area (Å²) in [6, 6.07) is 11.9. The molecule has 0 unspecified atom stereocenters. The van der Waals surface area contributed by atoms with Crippen LogP contribution in [0.4, 0.5) is 5.69 Å². The number of rotatable bonds is 8. The Kier molecular flexibility index (Phi) is 7.01. The second kappa shape index (κ2) is 9.66. The van der Waals surface area contributed by atoms with Crippen molar-refractivity contribution in [3.8, 4) is 0 Å². The third-order valence-corrected chi connectivity index (χ3v) is 5.11. The summed E-state index contributed by atoms with van der Waals surface area (Å²) in [5.74, 6) is 0. The fraction of sp³-hybridized carbons (Fsp3) is 0.273. The summed E-state index contributed by atoms with van der Waals surface area (Å²) in [6.07, 6.45) is 7.77. The Balaban J connectivity index is 1.83. The molecule has 0 aliphatic carbocycles. The van der Waals surface area contributed by atoms with Gasteiger partial charge in [0.1, 0.15) is 5.58 Å². The van der Waals surface area contributed by atoms with Gasteiger partial charge in [-0.1, -0.05) is 6.08 Å². The topological polar surface area (TPSA) is 49.4 Å². The smallest absolute Gasteiger partial charge is 0.343 e. The molecule has 1 N–H and O–H groups in total. The lowest BCUT2D eigenvalue weighted by Gasteiger charge is -2.20. The molecule has 6 heteroatoms. The number of fused-ring (bicyclic) bond motifs is 1. The molecule has 0 saturated heterocycles. The number of benzene rings is 1. The van der Waals surface area contributed by atoms with Crippen LogP contribution in [0.3, 0.4) is 0 Å². The van der Waals surface area contributed by atoms with Crippen LogP contribution in [0.2, 0.25) is 0 Å². The first-order chi connectivity index (χ1) is 13.6. The summed E-state index contributed by atoms with van der Waals surface area (Å²) in [7, 11) is 0. The van der Waals surface area contributed by atoms with Crippen LogP contribution in [0.1, 0.15) is 25.0 Å². The van der Waals surface area contributed by atoms with Crippen molar-refractivity contribution < 1.29 is 8.98 Å². The Morgan fingerprint density at radius 2 is 1.86 bits per heavy atom. The molecule has 0 atom stereocenters. The van der Waals surface area contributed by atoms with E-state index in [9.17, 15) is 4.79 Å². The molecule has 2 heterocycles. The molecule has 0 aliphatic heterocycles. The van der Waals surface area contributed by atoms with Crippen LogP contribution in [0.25, 0.3) is 23.1 Å². The van der Waals surface area contributed by atoms with E-state index in [2.05, 4.69) is 49.9 Å². The van der Waals surface area contributed by atoms with Crippen LogP contribution in [0.5, 0.6) is 0 Å². The molecule has 1 aromatic carbocycles. The summed E-state index contributed by atoms with van der Waals surface area (Å²) in [6.45, 7) is 7.77. The summed E-state index contributed by atoms with van der Waals surface area (Å²) in [5, 5.41) is 0.920. The predicted molar refractivity (Wildman–Crippen MR) is 119 cm³/mol. The average molecular weight is 443 g/mol. The molecular weight excluding hydrogens is 418 g/mol. The van der Waals surface area contributed by atoms with Gasteiger partial charge in [0.25, 0.3) is 0 Å². The Morgan fingerprint density at radius 3 is 2.54 bits per heavy atom. The Hall–Kier alpha value is -2.44. The third-order valence-electron chi connectivity index (χ3n) is 4.71. The van der Waals surface area contributed by atoms with E-state index < -0.39 is 0 Å². The maximum Gasteiger partial charge on any atom is 0.343 e. The van der Waals surface area contributed by atoms with E-state index in [1.807, 2.05) is 54.9 Å². The minimum absolute atomic E-state index is 0.324. The summed E-state index contributed by atoms with van der Waals surface area (Å²) in [4.78, 5) is 14.6. The highest BCUT2D eigenvalue weighted by Gasteiger charge is 2.07. The molecule has 5 nitrogen and oxygen atoms in total. The maximum absolute atomic E-state index is 12.4. The fourth-order valence-electron chi connectivity index (χ4n) is 3.10. The third kappa shape index (κ3) is 4.88. The predicted octanol–water partition coefficient (Wildman–Crippen LogP) is 4.00. The fourth-order valence-corrected chi connectivity index (χ4v) is 3.28. The SMILES string of the molecule is CCN(CC)c1ccc2cc(/C=C/c3cc[n+](CCNBr)cc3)c(=O)oc2c1. The lowest BCUT2D eigenvalue weighted by atomic mass is 10.1. The van der Waals surface area contributed by atoms with Gasteiger partial charge < -0.3 is 9.32 Å². The summed E-state index contributed by atoms with van der Waals surface area (Å²) in [5.41, 5.74) is 2.93.